The molecule has 1 heterocycles. The van der Waals surface area contributed by atoms with Gasteiger partial charge in [0.05, 0.1) is 19.3 Å². The van der Waals surface area contributed by atoms with Gasteiger partial charge in [0.1, 0.15) is 5.75 Å². The molecular weight excluding hydrogens is 284 g/mol. The Morgan fingerprint density at radius 2 is 2.14 bits per heavy atom. The summed E-state index contributed by atoms with van der Waals surface area (Å²) in [7, 11) is 1.78. The van der Waals surface area contributed by atoms with Crippen LogP contribution in [0.2, 0.25) is 0 Å². The summed E-state index contributed by atoms with van der Waals surface area (Å²) in [4.78, 5) is 0. The van der Waals surface area contributed by atoms with Gasteiger partial charge >= 0.3 is 0 Å². The number of aliphatic hydroxyl groups excluding tert-OH is 1. The van der Waals surface area contributed by atoms with E-state index in [1.807, 2.05) is 18.2 Å². The molecule has 0 radical (unpaired) electrons. The number of hydrogen-bond acceptors (Lipinski definition) is 3. The van der Waals surface area contributed by atoms with Gasteiger partial charge in [0, 0.05) is 18.5 Å². The lowest BCUT2D eigenvalue weighted by atomic mass is 9.87. The number of nitrogens with one attached hydrogen (secondary N) is 2. The van der Waals surface area contributed by atoms with Gasteiger partial charge in [-0.25, -0.2) is 0 Å². The van der Waals surface area contributed by atoms with Gasteiger partial charge < -0.3 is 20.5 Å². The molecule has 0 bridgehead atoms. The van der Waals surface area contributed by atoms with Crippen LogP contribution in [0.25, 0.3) is 10.8 Å². The molecule has 2 aromatic rings. The highest BCUT2D eigenvalue weighted by Crippen LogP contribution is 2.40. The summed E-state index contributed by atoms with van der Waals surface area (Å²) in [5.41, 5.74) is 1.07. The fourth-order valence-corrected chi connectivity index (χ4v) is 2.94. The largest absolute Gasteiger partial charge is 0.493 e. The van der Waals surface area contributed by atoms with Crippen LogP contribution in [0.4, 0.5) is 0 Å². The predicted octanol–water partition coefficient (Wildman–Crippen LogP) is 1.98. The number of fused-ring (bicyclic) bond motifs is 3. The van der Waals surface area contributed by atoms with Crippen molar-refractivity contribution in [1.29, 1.82) is 0 Å². The van der Waals surface area contributed by atoms with Gasteiger partial charge in [-0.3, -0.25) is 0 Å². The fourth-order valence-electron chi connectivity index (χ4n) is 2.81. The summed E-state index contributed by atoms with van der Waals surface area (Å²) in [6, 6.07) is 12.2. The average molecular weight is 302 g/mol. The third-order valence-corrected chi connectivity index (χ3v) is 4.24. The zero-order valence-corrected chi connectivity index (χ0v) is 12.6. The number of ether oxygens (including phenoxy) is 1. The lowest BCUT2D eigenvalue weighted by Crippen LogP contribution is -2.43. The minimum atomic E-state index is -0.0650. The molecule has 0 saturated carbocycles. The summed E-state index contributed by atoms with van der Waals surface area (Å²) >= 11 is 5.24. The fraction of sp³-hybridized carbons (Fsp3) is 0.312. The number of rotatable bonds is 2. The van der Waals surface area contributed by atoms with E-state index in [0.29, 0.717) is 11.7 Å². The zero-order valence-electron chi connectivity index (χ0n) is 11.8. The normalized spacial score (nSPS) is 20.5. The summed E-state index contributed by atoms with van der Waals surface area (Å²) in [5.74, 6) is 0.824. The topological polar surface area (TPSA) is 53.5 Å². The van der Waals surface area contributed by atoms with Crippen LogP contribution < -0.4 is 15.4 Å². The Morgan fingerprint density at radius 3 is 2.90 bits per heavy atom. The quantitative estimate of drug-likeness (QED) is 0.741. The van der Waals surface area contributed by atoms with Crippen LogP contribution >= 0.6 is 12.2 Å². The van der Waals surface area contributed by atoms with Crippen molar-refractivity contribution in [3.8, 4) is 5.75 Å². The number of benzene rings is 2. The molecule has 4 nitrogen and oxygen atoms in total. The molecule has 0 amide bonds. The van der Waals surface area contributed by atoms with Crippen molar-refractivity contribution in [2.24, 2.45) is 5.92 Å². The third kappa shape index (κ3) is 2.54. The minimum Gasteiger partial charge on any atom is -0.493 e. The maximum atomic E-state index is 9.66. The summed E-state index contributed by atoms with van der Waals surface area (Å²) < 4.78 is 5.82. The highest BCUT2D eigenvalue weighted by molar-refractivity contribution is 7.80. The van der Waals surface area contributed by atoms with Crippen molar-refractivity contribution >= 4 is 28.1 Å². The van der Waals surface area contributed by atoms with E-state index in [-0.39, 0.29) is 18.6 Å². The molecule has 2 atom stereocenters. The molecule has 5 heteroatoms. The van der Waals surface area contributed by atoms with Crippen LogP contribution in [0.15, 0.2) is 36.4 Å². The number of thiocarbonyl (C=S) groups is 1. The Hall–Kier alpha value is -1.85. The van der Waals surface area contributed by atoms with E-state index in [0.717, 1.165) is 22.1 Å². The van der Waals surface area contributed by atoms with Crippen LogP contribution in [0.5, 0.6) is 5.75 Å². The van der Waals surface area contributed by atoms with E-state index in [4.69, 9.17) is 17.0 Å². The van der Waals surface area contributed by atoms with E-state index in [1.165, 1.54) is 0 Å². The molecular formula is C16H18N2O2S. The molecule has 110 valence electrons. The first kappa shape index (κ1) is 14.1. The first-order valence-electron chi connectivity index (χ1n) is 6.98. The molecule has 0 aromatic heterocycles. The van der Waals surface area contributed by atoms with Gasteiger partial charge in [0.15, 0.2) is 5.11 Å². The zero-order chi connectivity index (χ0) is 14.8. The lowest BCUT2D eigenvalue weighted by molar-refractivity contribution is 0.119. The Bertz CT molecular complexity index is 674. The van der Waals surface area contributed by atoms with Crippen LogP contribution in [0, 0.1) is 5.92 Å². The Labute approximate surface area is 129 Å². The van der Waals surface area contributed by atoms with Crippen molar-refractivity contribution in [2.75, 3.05) is 20.3 Å². The first-order chi connectivity index (χ1) is 10.2. The van der Waals surface area contributed by atoms with Crippen molar-refractivity contribution in [2.45, 2.75) is 6.04 Å². The first-order valence-corrected chi connectivity index (χ1v) is 7.39. The van der Waals surface area contributed by atoms with Crippen molar-refractivity contribution in [3.63, 3.8) is 0 Å². The highest BCUT2D eigenvalue weighted by Gasteiger charge is 2.32. The van der Waals surface area contributed by atoms with E-state index in [9.17, 15) is 5.11 Å². The molecule has 0 saturated heterocycles. The van der Waals surface area contributed by atoms with E-state index < -0.39 is 0 Å². The van der Waals surface area contributed by atoms with Crippen LogP contribution in [0.1, 0.15) is 11.6 Å². The van der Waals surface area contributed by atoms with Gasteiger partial charge in [-0.05, 0) is 29.1 Å². The second kappa shape index (κ2) is 5.87. The lowest BCUT2D eigenvalue weighted by Gasteiger charge is -2.34. The predicted molar refractivity (Wildman–Crippen MR) is 87.6 cm³/mol. The van der Waals surface area contributed by atoms with Crippen LogP contribution in [-0.2, 0) is 0 Å². The summed E-state index contributed by atoms with van der Waals surface area (Å²) in [6.45, 7) is 0.526. The van der Waals surface area contributed by atoms with Gasteiger partial charge in [-0.1, -0.05) is 30.3 Å². The Morgan fingerprint density at radius 1 is 1.33 bits per heavy atom. The van der Waals surface area contributed by atoms with E-state index >= 15 is 0 Å². The molecule has 0 spiro atoms. The summed E-state index contributed by atoms with van der Waals surface area (Å²) in [6.07, 6.45) is 0. The molecule has 21 heavy (non-hydrogen) atoms. The molecule has 1 aliphatic heterocycles. The van der Waals surface area contributed by atoms with Gasteiger partial charge in [0.25, 0.3) is 0 Å². The molecule has 0 aliphatic carbocycles. The molecule has 2 unspecified atom stereocenters. The molecule has 2 aromatic carbocycles. The van der Waals surface area contributed by atoms with Gasteiger partial charge in [0.2, 0.25) is 0 Å². The van der Waals surface area contributed by atoms with Gasteiger partial charge in [-0.2, -0.15) is 0 Å². The van der Waals surface area contributed by atoms with Crippen molar-refractivity contribution < 1.29 is 9.84 Å². The minimum absolute atomic E-state index is 0.0328. The molecule has 0 fully saturated rings. The highest BCUT2D eigenvalue weighted by atomic mass is 32.1. The Balaban J connectivity index is 2.14. The van der Waals surface area contributed by atoms with E-state index in [2.05, 4.69) is 28.8 Å². The standard InChI is InChI=1S/C16H18N2O2S/c1-17-16(21)18-15-11(8-19)9-20-13-7-6-10-4-2-3-5-12(10)14(13)15/h2-7,11,15,19H,8-9H2,1H3,(H2,17,18,21). The van der Waals surface area contributed by atoms with Crippen LogP contribution in [-0.4, -0.2) is 30.5 Å². The maximum Gasteiger partial charge on any atom is 0.166 e. The van der Waals surface area contributed by atoms with E-state index in [1.54, 1.807) is 7.05 Å². The van der Waals surface area contributed by atoms with Crippen molar-refractivity contribution in [3.05, 3.63) is 42.0 Å². The maximum absolute atomic E-state index is 9.66. The smallest absolute Gasteiger partial charge is 0.166 e. The second-order valence-electron chi connectivity index (χ2n) is 5.15. The monoisotopic (exact) mass is 302 g/mol. The summed E-state index contributed by atoms with van der Waals surface area (Å²) in [5, 5.41) is 18.7. The Kier molecular flexibility index (Phi) is 3.94. The number of aliphatic hydroxyl groups is 1. The third-order valence-electron chi connectivity index (χ3n) is 3.91. The van der Waals surface area contributed by atoms with Gasteiger partial charge in [-0.15, -0.1) is 0 Å². The number of hydrogen-bond donors (Lipinski definition) is 3. The SMILES string of the molecule is CNC(=S)NC1c2c(ccc3ccccc23)OCC1CO. The molecule has 3 N–H and O–H groups in total. The molecule has 1 aliphatic rings. The second-order valence-corrected chi connectivity index (χ2v) is 5.56. The average Bonchev–Trinajstić information content (AvgIpc) is 2.54. The molecule has 3 rings (SSSR count). The van der Waals surface area contributed by atoms with Crippen molar-refractivity contribution in [1.82, 2.24) is 10.6 Å². The van der Waals surface area contributed by atoms with Crippen LogP contribution in [0.3, 0.4) is 0 Å².